The summed E-state index contributed by atoms with van der Waals surface area (Å²) in [5.74, 6) is 0.396. The first kappa shape index (κ1) is 20.9. The number of hydrogen-bond donors (Lipinski definition) is 0. The van der Waals surface area contributed by atoms with E-state index >= 15 is 0 Å². The minimum Gasteiger partial charge on any atom is -0.493 e. The highest BCUT2D eigenvalue weighted by molar-refractivity contribution is 6.45. The van der Waals surface area contributed by atoms with Gasteiger partial charge in [0.2, 0.25) is 0 Å². The summed E-state index contributed by atoms with van der Waals surface area (Å²) in [5, 5.41) is 0. The standard InChI is InChI=1S/C24H26N2O5/c1-4-16-5-8-18(9-6-16)26-23(27)21(17-7-10-19(29-2)20(15-17)30-3)22(24(26)28)25-11-13-31-14-12-25/h5-10,15H,4,11-14H2,1-3H3. The van der Waals surface area contributed by atoms with Crippen LogP contribution in [0, 0.1) is 0 Å². The fourth-order valence-corrected chi connectivity index (χ4v) is 3.97. The molecule has 0 bridgehead atoms. The Morgan fingerprint density at radius 3 is 2.19 bits per heavy atom. The highest BCUT2D eigenvalue weighted by atomic mass is 16.5. The summed E-state index contributed by atoms with van der Waals surface area (Å²) in [7, 11) is 3.10. The molecule has 2 aromatic carbocycles. The van der Waals surface area contributed by atoms with Crippen molar-refractivity contribution in [3.8, 4) is 11.5 Å². The van der Waals surface area contributed by atoms with Crippen molar-refractivity contribution in [1.29, 1.82) is 0 Å². The monoisotopic (exact) mass is 422 g/mol. The lowest BCUT2D eigenvalue weighted by atomic mass is 10.0. The van der Waals surface area contributed by atoms with Crippen LogP contribution >= 0.6 is 0 Å². The maximum atomic E-state index is 13.6. The van der Waals surface area contributed by atoms with Gasteiger partial charge in [0.25, 0.3) is 11.8 Å². The molecule has 0 spiro atoms. The highest BCUT2D eigenvalue weighted by Gasteiger charge is 2.43. The smallest absolute Gasteiger partial charge is 0.282 e. The number of carbonyl (C=O) groups excluding carboxylic acids is 2. The minimum absolute atomic E-state index is 0.319. The summed E-state index contributed by atoms with van der Waals surface area (Å²) < 4.78 is 16.2. The van der Waals surface area contributed by atoms with Gasteiger partial charge >= 0.3 is 0 Å². The Kier molecular flexibility index (Phi) is 5.95. The van der Waals surface area contributed by atoms with Gasteiger partial charge in [-0.1, -0.05) is 25.1 Å². The molecule has 0 aliphatic carbocycles. The van der Waals surface area contributed by atoms with E-state index in [1.165, 1.54) is 4.90 Å². The number of imide groups is 1. The second-order valence-electron chi connectivity index (χ2n) is 7.36. The Morgan fingerprint density at radius 2 is 1.58 bits per heavy atom. The van der Waals surface area contributed by atoms with Crippen molar-refractivity contribution in [2.75, 3.05) is 45.4 Å². The first-order valence-corrected chi connectivity index (χ1v) is 10.4. The number of nitrogens with zero attached hydrogens (tertiary/aromatic N) is 2. The fourth-order valence-electron chi connectivity index (χ4n) is 3.97. The van der Waals surface area contributed by atoms with Gasteiger partial charge in [-0.05, 0) is 41.8 Å². The van der Waals surface area contributed by atoms with E-state index < -0.39 is 0 Å². The number of ether oxygens (including phenoxy) is 3. The lowest BCUT2D eigenvalue weighted by Crippen LogP contribution is -2.40. The van der Waals surface area contributed by atoms with E-state index in [4.69, 9.17) is 14.2 Å². The van der Waals surface area contributed by atoms with Crippen LogP contribution in [-0.4, -0.2) is 57.2 Å². The summed E-state index contributed by atoms with van der Waals surface area (Å²) in [5.41, 5.74) is 3.09. The van der Waals surface area contributed by atoms with Crippen molar-refractivity contribution in [1.82, 2.24) is 4.90 Å². The summed E-state index contributed by atoms with van der Waals surface area (Å²) in [6.45, 7) is 4.18. The average molecular weight is 422 g/mol. The predicted molar refractivity (Wildman–Crippen MR) is 117 cm³/mol. The van der Waals surface area contributed by atoms with E-state index in [9.17, 15) is 9.59 Å². The van der Waals surface area contributed by atoms with Gasteiger partial charge in [0.05, 0.1) is 38.7 Å². The van der Waals surface area contributed by atoms with Crippen molar-refractivity contribution in [2.45, 2.75) is 13.3 Å². The number of aryl methyl sites for hydroxylation is 1. The van der Waals surface area contributed by atoms with Gasteiger partial charge in [0, 0.05) is 13.1 Å². The number of anilines is 1. The largest absolute Gasteiger partial charge is 0.493 e. The molecule has 0 saturated carbocycles. The molecule has 0 unspecified atom stereocenters. The van der Waals surface area contributed by atoms with E-state index in [-0.39, 0.29) is 11.8 Å². The van der Waals surface area contributed by atoms with Crippen molar-refractivity contribution < 1.29 is 23.8 Å². The molecule has 2 aromatic rings. The number of hydrogen-bond acceptors (Lipinski definition) is 6. The van der Waals surface area contributed by atoms with Crippen molar-refractivity contribution in [2.24, 2.45) is 0 Å². The van der Waals surface area contributed by atoms with E-state index in [0.29, 0.717) is 60.3 Å². The number of methoxy groups -OCH3 is 2. The molecule has 2 heterocycles. The van der Waals surface area contributed by atoms with Crippen molar-refractivity contribution in [3.05, 3.63) is 59.3 Å². The number of rotatable bonds is 6. The van der Waals surface area contributed by atoms with E-state index in [0.717, 1.165) is 12.0 Å². The Hall–Kier alpha value is -3.32. The van der Waals surface area contributed by atoms with E-state index in [1.54, 1.807) is 32.4 Å². The van der Waals surface area contributed by atoms with Crippen LogP contribution < -0.4 is 14.4 Å². The molecule has 31 heavy (non-hydrogen) atoms. The first-order valence-electron chi connectivity index (χ1n) is 10.4. The lowest BCUT2D eigenvalue weighted by molar-refractivity contribution is -0.121. The lowest BCUT2D eigenvalue weighted by Gasteiger charge is -2.29. The summed E-state index contributed by atoms with van der Waals surface area (Å²) in [4.78, 5) is 30.3. The molecular formula is C24H26N2O5. The summed E-state index contributed by atoms with van der Waals surface area (Å²) in [6.07, 6.45) is 0.885. The summed E-state index contributed by atoms with van der Waals surface area (Å²) >= 11 is 0. The van der Waals surface area contributed by atoms with E-state index in [1.807, 2.05) is 29.2 Å². The van der Waals surface area contributed by atoms with Gasteiger partial charge in [-0.3, -0.25) is 9.59 Å². The van der Waals surface area contributed by atoms with Gasteiger partial charge in [-0.25, -0.2) is 4.90 Å². The number of morpholine rings is 1. The molecule has 2 aliphatic rings. The van der Waals surface area contributed by atoms with Crippen molar-refractivity contribution >= 4 is 23.1 Å². The fraction of sp³-hybridized carbons (Fsp3) is 0.333. The number of carbonyl (C=O) groups is 2. The minimum atomic E-state index is -0.344. The number of benzene rings is 2. The van der Waals surface area contributed by atoms with Crippen LogP contribution in [0.15, 0.2) is 48.2 Å². The topological polar surface area (TPSA) is 68.3 Å². The van der Waals surface area contributed by atoms with Crippen molar-refractivity contribution in [3.63, 3.8) is 0 Å². The van der Waals surface area contributed by atoms with Crippen LogP contribution in [0.2, 0.25) is 0 Å². The highest BCUT2D eigenvalue weighted by Crippen LogP contribution is 2.38. The molecule has 1 fully saturated rings. The van der Waals surface area contributed by atoms with Gasteiger partial charge in [-0.2, -0.15) is 0 Å². The molecule has 0 radical (unpaired) electrons. The zero-order valence-corrected chi connectivity index (χ0v) is 18.0. The predicted octanol–water partition coefficient (Wildman–Crippen LogP) is 2.88. The normalized spacial score (nSPS) is 16.9. The second kappa shape index (κ2) is 8.81. The zero-order valence-electron chi connectivity index (χ0n) is 18.0. The summed E-state index contributed by atoms with van der Waals surface area (Å²) in [6, 6.07) is 12.8. The molecule has 4 rings (SSSR count). The molecule has 162 valence electrons. The Bertz CT molecular complexity index is 1020. The molecule has 2 amide bonds. The van der Waals surface area contributed by atoms with Gasteiger partial charge in [0.15, 0.2) is 11.5 Å². The maximum Gasteiger partial charge on any atom is 0.282 e. The Balaban J connectivity index is 1.82. The third-order valence-corrected chi connectivity index (χ3v) is 5.66. The number of amides is 2. The van der Waals surface area contributed by atoms with Crippen LogP contribution in [0.3, 0.4) is 0 Å². The maximum absolute atomic E-state index is 13.6. The van der Waals surface area contributed by atoms with E-state index in [2.05, 4.69) is 6.92 Å². The second-order valence-corrected chi connectivity index (χ2v) is 7.36. The SMILES string of the molecule is CCc1ccc(N2C(=O)C(c3ccc(OC)c(OC)c3)=C(N3CCOCC3)C2=O)cc1. The quantitative estimate of drug-likeness (QED) is 0.667. The average Bonchev–Trinajstić information content (AvgIpc) is 3.09. The Morgan fingerprint density at radius 1 is 0.903 bits per heavy atom. The van der Waals surface area contributed by atoms with Crippen LogP contribution in [0.25, 0.3) is 5.57 Å². The molecule has 0 aromatic heterocycles. The molecular weight excluding hydrogens is 396 g/mol. The van der Waals surface area contributed by atoms with Gasteiger partial charge < -0.3 is 19.1 Å². The van der Waals surface area contributed by atoms with Gasteiger partial charge in [0.1, 0.15) is 5.70 Å². The Labute approximate surface area is 181 Å². The van der Waals surface area contributed by atoms with Crippen LogP contribution in [-0.2, 0) is 20.7 Å². The molecule has 0 atom stereocenters. The van der Waals surface area contributed by atoms with Crippen LogP contribution in [0.4, 0.5) is 5.69 Å². The van der Waals surface area contributed by atoms with Crippen LogP contribution in [0.1, 0.15) is 18.1 Å². The third kappa shape index (κ3) is 3.77. The molecule has 7 nitrogen and oxygen atoms in total. The third-order valence-electron chi connectivity index (χ3n) is 5.66. The first-order chi connectivity index (χ1) is 15.1. The molecule has 1 saturated heterocycles. The molecule has 2 aliphatic heterocycles. The van der Waals surface area contributed by atoms with Crippen LogP contribution in [0.5, 0.6) is 11.5 Å². The molecule has 0 N–H and O–H groups in total. The zero-order chi connectivity index (χ0) is 22.0. The van der Waals surface area contributed by atoms with Gasteiger partial charge in [-0.15, -0.1) is 0 Å². The molecule has 7 heteroatoms.